The number of nitrogen functional groups attached to an aromatic ring is 1. The number of nitrogens with two attached hydrogens (primary N) is 1. The molecule has 0 amide bonds. The van der Waals surface area contributed by atoms with Crippen molar-refractivity contribution >= 4 is 40.1 Å². The molecule has 8 heteroatoms. The van der Waals surface area contributed by atoms with E-state index in [4.69, 9.17) is 17.6 Å². The predicted molar refractivity (Wildman–Crippen MR) is 60.8 cm³/mol. The average molecular weight is 258 g/mol. The van der Waals surface area contributed by atoms with Crippen LogP contribution in [-0.4, -0.2) is 7.81 Å². The van der Waals surface area contributed by atoms with Gasteiger partial charge in [-0.3, -0.25) is 9.59 Å². The van der Waals surface area contributed by atoms with Crippen LogP contribution in [0.4, 0.5) is 5.69 Å². The number of aromatic nitrogens is 2. The van der Waals surface area contributed by atoms with E-state index < -0.39 is 0 Å². The molecule has 1 aromatic carbocycles. The molecular weight excluding hydrogens is 254 g/mol. The van der Waals surface area contributed by atoms with E-state index in [1.54, 1.807) is 0 Å². The Hall–Kier alpha value is -1.73. The van der Waals surface area contributed by atoms with E-state index in [1.165, 1.54) is 19.9 Å². The summed E-state index contributed by atoms with van der Waals surface area (Å²) in [6, 6.07) is 2.93. The third kappa shape index (κ3) is 1.01. The second-order valence-corrected chi connectivity index (χ2v) is 4.22. The molecular formula is C8H4ClN3O3S. The summed E-state index contributed by atoms with van der Waals surface area (Å²) in [7, 11) is 0. The van der Waals surface area contributed by atoms with Gasteiger partial charge in [0.25, 0.3) is 11.1 Å². The zero-order valence-corrected chi connectivity index (χ0v) is 9.21. The minimum atomic E-state index is -0.340. The van der Waals surface area contributed by atoms with E-state index in [0.29, 0.717) is 0 Å². The predicted octanol–water partition coefficient (Wildman–Crippen LogP) is 0.527. The molecule has 0 fully saturated rings. The smallest absolute Gasteiger partial charge is 0.291 e. The molecule has 0 aliphatic rings. The summed E-state index contributed by atoms with van der Waals surface area (Å²) < 4.78 is 6.96. The number of hydrogen-bond donors (Lipinski definition) is 1. The molecule has 0 radical (unpaired) electrons. The molecule has 2 heterocycles. The Labute approximate surface area is 96.8 Å². The lowest BCUT2D eigenvalue weighted by molar-refractivity contribution is 0.623. The zero-order valence-electron chi connectivity index (χ0n) is 7.64. The molecule has 0 aliphatic carbocycles. The van der Waals surface area contributed by atoms with Crippen molar-refractivity contribution < 1.29 is 4.29 Å². The van der Waals surface area contributed by atoms with Crippen molar-refractivity contribution in [3.05, 3.63) is 32.8 Å². The fourth-order valence-corrected chi connectivity index (χ4v) is 2.31. The van der Waals surface area contributed by atoms with Crippen LogP contribution in [0.2, 0.25) is 0 Å². The first-order valence-electron chi connectivity index (χ1n) is 4.23. The van der Waals surface area contributed by atoms with Gasteiger partial charge in [-0.25, -0.2) is 0 Å². The van der Waals surface area contributed by atoms with Gasteiger partial charge in [0.05, 0.1) is 28.2 Å². The maximum atomic E-state index is 11.8. The number of benzene rings is 1. The third-order valence-electron chi connectivity index (χ3n) is 2.38. The van der Waals surface area contributed by atoms with E-state index in [2.05, 4.69) is 4.29 Å². The van der Waals surface area contributed by atoms with Crippen LogP contribution < -0.4 is 21.1 Å². The Morgan fingerprint density at radius 3 is 2.62 bits per heavy atom. The highest BCUT2D eigenvalue weighted by Gasteiger charge is 2.19. The van der Waals surface area contributed by atoms with Crippen LogP contribution in [-0.2, 0) is 0 Å². The maximum absolute atomic E-state index is 11.8. The largest absolute Gasteiger partial charge is 0.395 e. The fraction of sp³-hybridized carbons (Fsp3) is 0. The first-order chi connectivity index (χ1) is 7.65. The molecule has 0 saturated carbocycles. The lowest BCUT2D eigenvalue weighted by atomic mass is 10.1. The minimum absolute atomic E-state index is 0.0815. The van der Waals surface area contributed by atoms with Gasteiger partial charge in [0.2, 0.25) is 0 Å². The molecule has 16 heavy (non-hydrogen) atoms. The molecule has 0 spiro atoms. The Bertz CT molecular complexity index is 802. The van der Waals surface area contributed by atoms with E-state index in [9.17, 15) is 9.59 Å². The highest BCUT2D eigenvalue weighted by molar-refractivity contribution is 7.04. The van der Waals surface area contributed by atoms with Crippen molar-refractivity contribution in [3.8, 4) is 5.75 Å². The number of nitrogens with zero attached hydrogens (tertiary/aromatic N) is 2. The molecule has 0 saturated heterocycles. The maximum Gasteiger partial charge on any atom is 0.291 e. The van der Waals surface area contributed by atoms with Crippen LogP contribution in [0.15, 0.2) is 21.7 Å². The quantitative estimate of drug-likeness (QED) is 0.645. The lowest BCUT2D eigenvalue weighted by Crippen LogP contribution is -2.20. The van der Waals surface area contributed by atoms with Gasteiger partial charge >= 0.3 is 0 Å². The van der Waals surface area contributed by atoms with Gasteiger partial charge in [-0.05, 0) is 12.1 Å². The monoisotopic (exact) mass is 257 g/mol. The molecule has 2 N–H and O–H groups in total. The number of hydrogen-bond acceptors (Lipinski definition) is 5. The van der Waals surface area contributed by atoms with E-state index in [-0.39, 0.29) is 33.3 Å². The fourth-order valence-electron chi connectivity index (χ4n) is 1.57. The summed E-state index contributed by atoms with van der Waals surface area (Å²) in [6.07, 6.45) is 0. The molecule has 0 bridgehead atoms. The van der Waals surface area contributed by atoms with Gasteiger partial charge in [-0.1, -0.05) is 0 Å². The van der Waals surface area contributed by atoms with Crippen LogP contribution >= 0.6 is 23.6 Å². The van der Waals surface area contributed by atoms with E-state index in [1.807, 2.05) is 0 Å². The van der Waals surface area contributed by atoms with Gasteiger partial charge in [-0.15, -0.1) is 7.81 Å². The Morgan fingerprint density at radius 1 is 1.25 bits per heavy atom. The summed E-state index contributed by atoms with van der Waals surface area (Å²) in [5.41, 5.74) is 5.18. The van der Waals surface area contributed by atoms with Crippen LogP contribution in [0.5, 0.6) is 5.75 Å². The van der Waals surface area contributed by atoms with Crippen molar-refractivity contribution in [2.45, 2.75) is 0 Å². The topological polar surface area (TPSA) is 78.2 Å². The Balaban J connectivity index is 2.64. The van der Waals surface area contributed by atoms with Crippen molar-refractivity contribution in [2.75, 3.05) is 5.73 Å². The number of halogens is 1. The van der Waals surface area contributed by atoms with Crippen molar-refractivity contribution in [2.24, 2.45) is 0 Å². The normalized spacial score (nSPS) is 11.6. The molecule has 2 aromatic heterocycles. The summed E-state index contributed by atoms with van der Waals surface area (Å²) in [5.74, 6) is 0.168. The first-order valence-corrected chi connectivity index (χ1v) is 5.27. The molecule has 3 rings (SSSR count). The second-order valence-electron chi connectivity index (χ2n) is 3.21. The summed E-state index contributed by atoms with van der Waals surface area (Å²) in [4.78, 5) is 23.6. The molecule has 82 valence electrons. The van der Waals surface area contributed by atoms with Crippen molar-refractivity contribution in [1.29, 1.82) is 0 Å². The highest BCUT2D eigenvalue weighted by Crippen LogP contribution is 2.28. The Morgan fingerprint density at radius 2 is 1.94 bits per heavy atom. The van der Waals surface area contributed by atoms with Gasteiger partial charge in [-0.2, -0.15) is 0 Å². The standard InChI is InChI=1S/C8H4ClN3O3S/c9-15-4-2-1-3-5(6(4)10)8(14)12-11(16-12)7(3)13/h1-2H,10H2. The second kappa shape index (κ2) is 2.89. The van der Waals surface area contributed by atoms with Gasteiger partial charge in [0.1, 0.15) is 11.9 Å². The van der Waals surface area contributed by atoms with Gasteiger partial charge < -0.3 is 10.0 Å². The summed E-state index contributed by atoms with van der Waals surface area (Å²) >= 11 is 6.23. The molecule has 3 aromatic rings. The minimum Gasteiger partial charge on any atom is -0.395 e. The van der Waals surface area contributed by atoms with E-state index >= 15 is 0 Å². The van der Waals surface area contributed by atoms with Crippen LogP contribution in [0.25, 0.3) is 10.8 Å². The third-order valence-corrected chi connectivity index (χ3v) is 3.36. The number of rotatable bonds is 1. The van der Waals surface area contributed by atoms with Gasteiger partial charge in [0, 0.05) is 0 Å². The highest BCUT2D eigenvalue weighted by atomic mass is 35.5. The molecule has 0 unspecified atom stereocenters. The average Bonchev–Trinajstić information content (AvgIpc) is 3.06. The Kier molecular flexibility index (Phi) is 1.72. The van der Waals surface area contributed by atoms with E-state index in [0.717, 1.165) is 11.7 Å². The molecule has 0 aliphatic heterocycles. The zero-order chi connectivity index (χ0) is 11.4. The first kappa shape index (κ1) is 9.49. The lowest BCUT2D eigenvalue weighted by Gasteiger charge is -2.02. The SMILES string of the molecule is Nc1c(OCl)ccc2c(=O)n3sn3c(=O)c12. The van der Waals surface area contributed by atoms with Crippen LogP contribution in [0.3, 0.4) is 0 Å². The molecule has 6 nitrogen and oxygen atoms in total. The van der Waals surface area contributed by atoms with Gasteiger partial charge in [0.15, 0.2) is 5.75 Å². The summed E-state index contributed by atoms with van der Waals surface area (Å²) in [5, 5.41) is 0.408. The summed E-state index contributed by atoms with van der Waals surface area (Å²) in [6.45, 7) is 0. The van der Waals surface area contributed by atoms with Crippen molar-refractivity contribution in [1.82, 2.24) is 7.81 Å². The van der Waals surface area contributed by atoms with Crippen molar-refractivity contribution in [3.63, 3.8) is 0 Å². The van der Waals surface area contributed by atoms with Crippen LogP contribution in [0, 0.1) is 0 Å². The molecule has 0 atom stereocenters. The number of anilines is 1. The van der Waals surface area contributed by atoms with Crippen LogP contribution in [0.1, 0.15) is 0 Å². The number of fused-ring (bicyclic) bond motifs is 2.